The molecule has 0 unspecified atom stereocenters. The predicted molar refractivity (Wildman–Crippen MR) is 84.1 cm³/mol. The van der Waals surface area contributed by atoms with Crippen molar-refractivity contribution in [3.8, 4) is 5.75 Å². The van der Waals surface area contributed by atoms with Crippen molar-refractivity contribution in [2.75, 3.05) is 7.11 Å². The van der Waals surface area contributed by atoms with Gasteiger partial charge < -0.3 is 14.6 Å². The van der Waals surface area contributed by atoms with Crippen molar-refractivity contribution in [3.05, 3.63) is 46.3 Å². The Morgan fingerprint density at radius 1 is 1.45 bits per heavy atom. The normalized spacial score (nSPS) is 10.8. The minimum absolute atomic E-state index is 0.147. The Morgan fingerprint density at radius 3 is 2.86 bits per heavy atom. The molecule has 0 bridgehead atoms. The molecule has 0 aliphatic heterocycles. The van der Waals surface area contributed by atoms with E-state index in [1.165, 1.54) is 0 Å². The fraction of sp³-hybridized carbons (Fsp3) is 0.375. The summed E-state index contributed by atoms with van der Waals surface area (Å²) in [5.41, 5.74) is 1.54. The molecule has 1 heterocycles. The third-order valence-corrected chi connectivity index (χ3v) is 3.62. The highest BCUT2D eigenvalue weighted by molar-refractivity contribution is 6.31. The number of amides is 1. The molecular formula is C16H19ClN2O3. The smallest absolute Gasteiger partial charge is 0.224 e. The first-order valence-electron chi connectivity index (χ1n) is 7.04. The lowest BCUT2D eigenvalue weighted by Crippen LogP contribution is -2.24. The summed E-state index contributed by atoms with van der Waals surface area (Å²) >= 11 is 6.12. The van der Waals surface area contributed by atoms with E-state index < -0.39 is 0 Å². The van der Waals surface area contributed by atoms with Crippen LogP contribution in [0.4, 0.5) is 0 Å². The number of halogens is 1. The van der Waals surface area contributed by atoms with Crippen molar-refractivity contribution < 1.29 is 14.1 Å². The van der Waals surface area contributed by atoms with Gasteiger partial charge in [-0.05, 0) is 18.1 Å². The molecule has 5 nitrogen and oxygen atoms in total. The van der Waals surface area contributed by atoms with E-state index >= 15 is 0 Å². The van der Waals surface area contributed by atoms with Crippen LogP contribution in [-0.2, 0) is 17.8 Å². The molecule has 1 aromatic carbocycles. The first-order valence-corrected chi connectivity index (χ1v) is 7.42. The fourth-order valence-electron chi connectivity index (χ4n) is 1.99. The van der Waals surface area contributed by atoms with Gasteiger partial charge in [0, 0.05) is 16.7 Å². The maximum absolute atomic E-state index is 12.1. The lowest BCUT2D eigenvalue weighted by Gasteiger charge is -2.10. The lowest BCUT2D eigenvalue weighted by atomic mass is 10.1. The van der Waals surface area contributed by atoms with Crippen molar-refractivity contribution in [2.24, 2.45) is 0 Å². The van der Waals surface area contributed by atoms with E-state index in [1.807, 2.05) is 19.9 Å². The van der Waals surface area contributed by atoms with E-state index in [0.29, 0.717) is 34.6 Å². The number of hydrogen-bond donors (Lipinski definition) is 1. The van der Waals surface area contributed by atoms with Crippen molar-refractivity contribution in [1.29, 1.82) is 0 Å². The largest absolute Gasteiger partial charge is 0.496 e. The van der Waals surface area contributed by atoms with Crippen LogP contribution in [0.1, 0.15) is 36.8 Å². The van der Waals surface area contributed by atoms with Crippen LogP contribution in [-0.4, -0.2) is 18.2 Å². The second-order valence-corrected chi connectivity index (χ2v) is 5.65. The fourth-order valence-corrected chi connectivity index (χ4v) is 2.23. The maximum Gasteiger partial charge on any atom is 0.224 e. The number of ether oxygens (including phenoxy) is 1. The van der Waals surface area contributed by atoms with Gasteiger partial charge in [0.2, 0.25) is 5.91 Å². The van der Waals surface area contributed by atoms with Crippen LogP contribution in [0.3, 0.4) is 0 Å². The molecular weight excluding hydrogens is 304 g/mol. The Labute approximate surface area is 134 Å². The van der Waals surface area contributed by atoms with Crippen LogP contribution >= 0.6 is 11.6 Å². The number of rotatable bonds is 6. The van der Waals surface area contributed by atoms with Gasteiger partial charge in [-0.2, -0.15) is 0 Å². The zero-order chi connectivity index (χ0) is 16.1. The SMILES string of the molecule is COc1cccc(Cl)c1CC(=O)NCc1cc(C(C)C)no1. The molecule has 1 aromatic heterocycles. The lowest BCUT2D eigenvalue weighted by molar-refractivity contribution is -0.120. The van der Waals surface area contributed by atoms with Gasteiger partial charge in [0.15, 0.2) is 5.76 Å². The van der Waals surface area contributed by atoms with Gasteiger partial charge in [-0.15, -0.1) is 0 Å². The molecule has 0 fully saturated rings. The Kier molecular flexibility index (Phi) is 5.44. The summed E-state index contributed by atoms with van der Waals surface area (Å²) in [4.78, 5) is 12.1. The van der Waals surface area contributed by atoms with Gasteiger partial charge in [-0.3, -0.25) is 4.79 Å². The Hall–Kier alpha value is -2.01. The van der Waals surface area contributed by atoms with E-state index in [1.54, 1.807) is 25.3 Å². The van der Waals surface area contributed by atoms with Crippen molar-refractivity contribution in [3.63, 3.8) is 0 Å². The third kappa shape index (κ3) is 4.01. The van der Waals surface area contributed by atoms with Crippen molar-refractivity contribution in [2.45, 2.75) is 32.7 Å². The molecule has 0 spiro atoms. The van der Waals surface area contributed by atoms with Gasteiger partial charge in [0.25, 0.3) is 0 Å². The average Bonchev–Trinajstić information content (AvgIpc) is 2.96. The molecule has 0 saturated carbocycles. The number of methoxy groups -OCH3 is 1. The summed E-state index contributed by atoms with van der Waals surface area (Å²) in [6, 6.07) is 7.14. The summed E-state index contributed by atoms with van der Waals surface area (Å²) in [5, 5.41) is 7.25. The molecule has 0 aliphatic rings. The second-order valence-electron chi connectivity index (χ2n) is 5.25. The Morgan fingerprint density at radius 2 is 2.23 bits per heavy atom. The van der Waals surface area contributed by atoms with E-state index in [2.05, 4.69) is 10.5 Å². The molecule has 0 aliphatic carbocycles. The van der Waals surface area contributed by atoms with E-state index in [4.69, 9.17) is 20.9 Å². The number of nitrogens with zero attached hydrogens (tertiary/aromatic N) is 1. The van der Waals surface area contributed by atoms with E-state index in [9.17, 15) is 4.79 Å². The molecule has 22 heavy (non-hydrogen) atoms. The van der Waals surface area contributed by atoms with Gasteiger partial charge in [0.05, 0.1) is 25.8 Å². The van der Waals surface area contributed by atoms with Crippen LogP contribution in [0.2, 0.25) is 5.02 Å². The van der Waals surface area contributed by atoms with Gasteiger partial charge in [0.1, 0.15) is 5.75 Å². The summed E-state index contributed by atoms with van der Waals surface area (Å²) < 4.78 is 10.4. The Bertz CT molecular complexity index is 653. The molecule has 2 rings (SSSR count). The van der Waals surface area contributed by atoms with Gasteiger partial charge in [-0.25, -0.2) is 0 Å². The van der Waals surface area contributed by atoms with E-state index in [-0.39, 0.29) is 12.3 Å². The third-order valence-electron chi connectivity index (χ3n) is 3.26. The van der Waals surface area contributed by atoms with Crippen molar-refractivity contribution >= 4 is 17.5 Å². The minimum Gasteiger partial charge on any atom is -0.496 e. The highest BCUT2D eigenvalue weighted by Gasteiger charge is 2.13. The number of hydrogen-bond acceptors (Lipinski definition) is 4. The molecule has 0 saturated heterocycles. The van der Waals surface area contributed by atoms with Crippen molar-refractivity contribution in [1.82, 2.24) is 10.5 Å². The van der Waals surface area contributed by atoms with Gasteiger partial charge in [-0.1, -0.05) is 36.7 Å². The number of nitrogens with one attached hydrogen (secondary N) is 1. The van der Waals surface area contributed by atoms with Crippen LogP contribution < -0.4 is 10.1 Å². The first kappa shape index (κ1) is 16.4. The number of carbonyl (C=O) groups is 1. The summed E-state index contributed by atoms with van der Waals surface area (Å²) in [5.74, 6) is 1.36. The zero-order valence-corrected chi connectivity index (χ0v) is 13.6. The standard InChI is InChI=1S/C16H19ClN2O3/c1-10(2)14-7-11(22-19-14)9-18-16(20)8-12-13(17)5-4-6-15(12)21-3/h4-7,10H,8-9H2,1-3H3,(H,18,20). The molecule has 0 atom stereocenters. The second kappa shape index (κ2) is 7.31. The highest BCUT2D eigenvalue weighted by atomic mass is 35.5. The summed E-state index contributed by atoms with van der Waals surface area (Å²) in [7, 11) is 1.55. The molecule has 1 amide bonds. The monoisotopic (exact) mass is 322 g/mol. The first-order chi connectivity index (χ1) is 10.5. The highest BCUT2D eigenvalue weighted by Crippen LogP contribution is 2.26. The minimum atomic E-state index is -0.158. The molecule has 118 valence electrons. The number of carbonyl (C=O) groups excluding carboxylic acids is 1. The average molecular weight is 323 g/mol. The predicted octanol–water partition coefficient (Wildman–Crippen LogP) is 3.32. The van der Waals surface area contributed by atoms with E-state index in [0.717, 1.165) is 5.69 Å². The summed E-state index contributed by atoms with van der Waals surface area (Å²) in [6.45, 7) is 4.36. The topological polar surface area (TPSA) is 64.4 Å². The number of benzene rings is 1. The Balaban J connectivity index is 1.96. The van der Waals surface area contributed by atoms with Crippen LogP contribution in [0, 0.1) is 0 Å². The number of aromatic nitrogens is 1. The molecule has 0 radical (unpaired) electrons. The van der Waals surface area contributed by atoms with Gasteiger partial charge >= 0.3 is 0 Å². The molecule has 2 aromatic rings. The maximum atomic E-state index is 12.1. The van der Waals surface area contributed by atoms with Crippen LogP contribution in [0.15, 0.2) is 28.8 Å². The zero-order valence-electron chi connectivity index (χ0n) is 12.9. The molecule has 6 heteroatoms. The van der Waals surface area contributed by atoms with Crippen LogP contribution in [0.25, 0.3) is 0 Å². The quantitative estimate of drug-likeness (QED) is 0.886. The summed E-state index contributed by atoms with van der Waals surface area (Å²) in [6.07, 6.45) is 0.147. The molecule has 1 N–H and O–H groups in total. The van der Waals surface area contributed by atoms with Crippen LogP contribution in [0.5, 0.6) is 5.75 Å².